The Morgan fingerprint density at radius 2 is 0.872 bits per heavy atom. The van der Waals surface area contributed by atoms with Crippen LogP contribution in [-0.2, 0) is 0 Å². The second kappa shape index (κ2) is 10.0. The third-order valence-electron chi connectivity index (χ3n) is 9.28. The summed E-state index contributed by atoms with van der Waals surface area (Å²) in [6.45, 7) is 0. The highest BCUT2D eigenvalue weighted by molar-refractivity contribution is 6.16. The van der Waals surface area contributed by atoms with E-state index in [9.17, 15) is 0 Å². The van der Waals surface area contributed by atoms with Crippen LogP contribution in [0.1, 0.15) is 0 Å². The van der Waals surface area contributed by atoms with Gasteiger partial charge in [-0.1, -0.05) is 97.1 Å². The third-order valence-corrected chi connectivity index (χ3v) is 9.28. The Balaban J connectivity index is 1.12. The molecule has 0 aliphatic heterocycles. The molecule has 0 amide bonds. The van der Waals surface area contributed by atoms with Crippen molar-refractivity contribution in [3.05, 3.63) is 158 Å². The second-order valence-electron chi connectivity index (χ2n) is 11.9. The molecule has 0 spiro atoms. The number of benzene rings is 6. The molecule has 0 saturated carbocycles. The third kappa shape index (κ3) is 3.90. The van der Waals surface area contributed by atoms with Gasteiger partial charge in [0.1, 0.15) is 22.8 Å². The molecular weight excluding hydrogens is 576 g/mol. The lowest BCUT2D eigenvalue weighted by Gasteiger charge is -2.15. The van der Waals surface area contributed by atoms with Crippen LogP contribution in [0.3, 0.4) is 0 Å². The Morgan fingerprint density at radius 3 is 1.34 bits per heavy atom. The van der Waals surface area contributed by atoms with Gasteiger partial charge in [-0.15, -0.1) is 0 Å². The van der Waals surface area contributed by atoms with Gasteiger partial charge in [-0.05, 0) is 58.3 Å². The Morgan fingerprint density at radius 1 is 0.404 bits per heavy atom. The minimum atomic E-state index is 0.756. The average Bonchev–Trinajstić information content (AvgIpc) is 3.83. The molecule has 6 aromatic carbocycles. The lowest BCUT2D eigenvalue weighted by Crippen LogP contribution is -1.95. The van der Waals surface area contributed by atoms with Crippen LogP contribution in [0.15, 0.2) is 158 Å². The fraction of sp³-hybridized carbons (Fsp3) is 0. The number of pyridine rings is 2. The number of rotatable bonds is 4. The predicted octanol–water partition coefficient (Wildman–Crippen LogP) is 10.7. The highest BCUT2D eigenvalue weighted by Gasteiger charge is 2.17. The van der Waals surface area contributed by atoms with Crippen LogP contribution < -0.4 is 4.74 Å². The Kier molecular flexibility index (Phi) is 5.51. The quantitative estimate of drug-likeness (QED) is 0.188. The molecule has 0 atom stereocenters. The number of ether oxygens (including phenoxy) is 1. The maximum absolute atomic E-state index is 6.58. The molecular formula is C42H26N4O. The van der Waals surface area contributed by atoms with Gasteiger partial charge in [-0.3, -0.25) is 8.80 Å². The van der Waals surface area contributed by atoms with Crippen molar-refractivity contribution in [3.63, 3.8) is 0 Å². The summed E-state index contributed by atoms with van der Waals surface area (Å²) in [5.74, 6) is 1.51. The molecule has 0 unspecified atom stereocenters. The van der Waals surface area contributed by atoms with E-state index in [1.807, 2.05) is 24.8 Å². The van der Waals surface area contributed by atoms with Crippen LogP contribution in [0.2, 0.25) is 0 Å². The van der Waals surface area contributed by atoms with Crippen molar-refractivity contribution in [1.82, 2.24) is 18.8 Å². The number of aromatic nitrogens is 4. The molecule has 0 aliphatic rings. The van der Waals surface area contributed by atoms with Crippen LogP contribution in [-0.4, -0.2) is 18.8 Å². The molecule has 0 radical (unpaired) electrons. The summed E-state index contributed by atoms with van der Waals surface area (Å²) in [4.78, 5) is 9.61. The van der Waals surface area contributed by atoms with Gasteiger partial charge in [0.2, 0.25) is 0 Å². The van der Waals surface area contributed by atoms with Crippen molar-refractivity contribution >= 4 is 54.6 Å². The minimum absolute atomic E-state index is 0.756. The molecule has 10 aromatic rings. The highest BCUT2D eigenvalue weighted by Crippen LogP contribution is 2.39. The standard InChI is InChI=1S/C42H26N4O/c1-3-9-27(10-4-1)31-13-7-15-35-33-19-17-29(25-37(33)41-43-21-23-45(41)39(31)35)47-30-18-20-34-36-16-8-14-32(28-11-5-2-6-12-28)40(36)46-24-22-44-42(46)38(34)26-30/h1-26H. The van der Waals surface area contributed by atoms with Gasteiger partial charge in [0, 0.05) is 57.5 Å². The molecule has 0 saturated heterocycles. The van der Waals surface area contributed by atoms with Gasteiger partial charge in [0.05, 0.1) is 11.0 Å². The van der Waals surface area contributed by atoms with Gasteiger partial charge in [-0.2, -0.15) is 0 Å². The number of para-hydroxylation sites is 2. The molecule has 220 valence electrons. The molecule has 0 N–H and O–H groups in total. The lowest BCUT2D eigenvalue weighted by molar-refractivity contribution is 0.484. The van der Waals surface area contributed by atoms with Gasteiger partial charge in [-0.25, -0.2) is 9.97 Å². The first-order valence-corrected chi connectivity index (χ1v) is 15.7. The van der Waals surface area contributed by atoms with E-state index in [-0.39, 0.29) is 0 Å². The van der Waals surface area contributed by atoms with Crippen LogP contribution in [0.4, 0.5) is 0 Å². The first-order chi connectivity index (χ1) is 23.3. The van der Waals surface area contributed by atoms with E-state index in [1.165, 1.54) is 33.0 Å². The van der Waals surface area contributed by atoms with Crippen LogP contribution in [0.25, 0.3) is 76.9 Å². The van der Waals surface area contributed by atoms with Crippen LogP contribution in [0.5, 0.6) is 11.5 Å². The van der Waals surface area contributed by atoms with E-state index < -0.39 is 0 Å². The summed E-state index contributed by atoms with van der Waals surface area (Å²) in [5.41, 5.74) is 8.82. The summed E-state index contributed by atoms with van der Waals surface area (Å²) in [6.07, 6.45) is 7.83. The van der Waals surface area contributed by atoms with E-state index >= 15 is 0 Å². The zero-order chi connectivity index (χ0) is 30.9. The van der Waals surface area contributed by atoms with Crippen LogP contribution in [0, 0.1) is 0 Å². The number of imidazole rings is 2. The monoisotopic (exact) mass is 602 g/mol. The van der Waals surface area contributed by atoms with Gasteiger partial charge < -0.3 is 4.74 Å². The van der Waals surface area contributed by atoms with E-state index in [4.69, 9.17) is 14.7 Å². The zero-order valence-corrected chi connectivity index (χ0v) is 25.2. The lowest BCUT2D eigenvalue weighted by atomic mass is 9.98. The summed E-state index contributed by atoms with van der Waals surface area (Å²) >= 11 is 0. The first kappa shape index (κ1) is 25.8. The predicted molar refractivity (Wildman–Crippen MR) is 191 cm³/mol. The molecule has 47 heavy (non-hydrogen) atoms. The average molecular weight is 603 g/mol. The van der Waals surface area contributed by atoms with Crippen molar-refractivity contribution in [2.75, 3.05) is 0 Å². The molecule has 10 rings (SSSR count). The molecule has 4 aromatic heterocycles. The van der Waals surface area contributed by atoms with Crippen molar-refractivity contribution < 1.29 is 4.74 Å². The maximum atomic E-state index is 6.58. The Labute approximate surface area is 269 Å². The summed E-state index contributed by atoms with van der Waals surface area (Å²) in [5, 5.41) is 6.71. The fourth-order valence-corrected chi connectivity index (χ4v) is 7.26. The normalized spacial score (nSPS) is 11.8. The van der Waals surface area contributed by atoms with E-state index in [0.29, 0.717) is 0 Å². The van der Waals surface area contributed by atoms with Crippen molar-refractivity contribution in [2.45, 2.75) is 0 Å². The zero-order valence-electron chi connectivity index (χ0n) is 25.2. The van der Waals surface area contributed by atoms with Crippen molar-refractivity contribution in [1.29, 1.82) is 0 Å². The highest BCUT2D eigenvalue weighted by atomic mass is 16.5. The van der Waals surface area contributed by atoms with E-state index in [2.05, 4.69) is 142 Å². The number of hydrogen-bond acceptors (Lipinski definition) is 3. The Hall–Kier alpha value is -6.46. The number of nitrogens with zero attached hydrogens (tertiary/aromatic N) is 4. The summed E-state index contributed by atoms with van der Waals surface area (Å²) < 4.78 is 11.0. The molecule has 5 nitrogen and oxygen atoms in total. The molecule has 4 heterocycles. The molecule has 0 fully saturated rings. The smallest absolute Gasteiger partial charge is 0.145 e. The Bertz CT molecular complexity index is 2620. The van der Waals surface area contributed by atoms with E-state index in [0.717, 1.165) is 55.4 Å². The van der Waals surface area contributed by atoms with Crippen LogP contribution >= 0.6 is 0 Å². The van der Waals surface area contributed by atoms with Gasteiger partial charge in [0.15, 0.2) is 0 Å². The maximum Gasteiger partial charge on any atom is 0.145 e. The second-order valence-corrected chi connectivity index (χ2v) is 11.9. The van der Waals surface area contributed by atoms with Gasteiger partial charge in [0.25, 0.3) is 0 Å². The summed E-state index contributed by atoms with van der Waals surface area (Å²) in [6, 6.07) is 46.7. The van der Waals surface area contributed by atoms with Crippen molar-refractivity contribution in [2.24, 2.45) is 0 Å². The number of hydrogen-bond donors (Lipinski definition) is 0. The topological polar surface area (TPSA) is 43.8 Å². The van der Waals surface area contributed by atoms with Gasteiger partial charge >= 0.3 is 0 Å². The summed E-state index contributed by atoms with van der Waals surface area (Å²) in [7, 11) is 0. The SMILES string of the molecule is c1ccc(-c2cccc3c4ccc(Oc5ccc6c(c5)c5nccn5c5c(-c7ccccc7)cccc65)cc4c4nccn4c23)cc1. The van der Waals surface area contributed by atoms with Crippen molar-refractivity contribution in [3.8, 4) is 33.8 Å². The first-order valence-electron chi connectivity index (χ1n) is 15.7. The number of fused-ring (bicyclic) bond motifs is 12. The molecule has 0 bridgehead atoms. The fourth-order valence-electron chi connectivity index (χ4n) is 7.26. The minimum Gasteiger partial charge on any atom is -0.457 e. The molecule has 5 heteroatoms. The largest absolute Gasteiger partial charge is 0.457 e. The molecule has 0 aliphatic carbocycles. The van der Waals surface area contributed by atoms with E-state index in [1.54, 1.807) is 0 Å².